The number of nitrogens with zero attached hydrogens (tertiary/aromatic N) is 3. The van der Waals surface area contributed by atoms with Gasteiger partial charge in [-0.1, -0.05) is 91.9 Å². The van der Waals surface area contributed by atoms with Crippen molar-refractivity contribution in [1.29, 1.82) is 0 Å². The topological polar surface area (TPSA) is 20.5 Å². The lowest BCUT2D eigenvalue weighted by Gasteiger charge is -2.22. The molecule has 3 nitrogen and oxygen atoms in total. The number of aromatic nitrogens is 1. The first-order chi connectivity index (χ1) is 19.2. The summed E-state index contributed by atoms with van der Waals surface area (Å²) in [6.07, 6.45) is 0.813. The molecule has 0 aliphatic carbocycles. The predicted octanol–water partition coefficient (Wildman–Crippen LogP) is 9.59. The Labute approximate surface area is 228 Å². The van der Waals surface area contributed by atoms with Gasteiger partial charge in [-0.05, 0) is 76.0 Å². The van der Waals surface area contributed by atoms with Gasteiger partial charge in [-0.2, -0.15) is 5.10 Å². The van der Waals surface area contributed by atoms with Crippen LogP contribution in [0.5, 0.6) is 0 Å². The molecule has 7 aromatic rings. The van der Waals surface area contributed by atoms with Gasteiger partial charge in [0.05, 0.1) is 17.1 Å². The van der Waals surface area contributed by atoms with Gasteiger partial charge in [-0.15, -0.1) is 0 Å². The molecule has 0 atom stereocenters. The van der Waals surface area contributed by atoms with Crippen LogP contribution in [0.1, 0.15) is 18.9 Å². The number of benzene rings is 6. The highest BCUT2D eigenvalue weighted by Crippen LogP contribution is 2.33. The van der Waals surface area contributed by atoms with E-state index in [1.807, 2.05) is 0 Å². The van der Waals surface area contributed by atoms with E-state index in [2.05, 4.69) is 151 Å². The zero-order chi connectivity index (χ0) is 26.3. The number of fused-ring (bicyclic) bond motifs is 5. The first-order valence-electron chi connectivity index (χ1n) is 13.5. The molecule has 0 aliphatic rings. The second-order valence-corrected chi connectivity index (χ2v) is 10.1. The number of anilines is 2. The monoisotopic (exact) mass is 503 g/mol. The zero-order valence-electron chi connectivity index (χ0n) is 22.2. The van der Waals surface area contributed by atoms with Crippen molar-refractivity contribution < 1.29 is 0 Å². The van der Waals surface area contributed by atoms with Gasteiger partial charge < -0.3 is 4.57 Å². The average molecular weight is 504 g/mol. The minimum Gasteiger partial charge on any atom is -0.344 e. The average Bonchev–Trinajstić information content (AvgIpc) is 3.28. The van der Waals surface area contributed by atoms with Crippen LogP contribution < -0.4 is 5.01 Å². The van der Waals surface area contributed by atoms with Crippen molar-refractivity contribution in [2.75, 3.05) is 5.01 Å². The van der Waals surface area contributed by atoms with Crippen molar-refractivity contribution in [3.05, 3.63) is 133 Å². The van der Waals surface area contributed by atoms with Crippen LogP contribution in [0.4, 0.5) is 11.4 Å². The number of hydrazone groups is 1. The number of rotatable bonds is 5. The highest BCUT2D eigenvalue weighted by atomic mass is 15.5. The van der Waals surface area contributed by atoms with Crippen LogP contribution in [-0.2, 0) is 7.05 Å². The van der Waals surface area contributed by atoms with Crippen molar-refractivity contribution >= 4 is 60.4 Å². The Morgan fingerprint density at radius 1 is 0.590 bits per heavy atom. The van der Waals surface area contributed by atoms with Crippen LogP contribution in [-0.4, -0.2) is 10.3 Å². The Morgan fingerprint density at radius 3 is 1.79 bits per heavy atom. The normalized spacial score (nSPS) is 12.1. The molecule has 1 aromatic heterocycles. The van der Waals surface area contributed by atoms with Crippen LogP contribution in [0.2, 0.25) is 0 Å². The van der Waals surface area contributed by atoms with Crippen molar-refractivity contribution in [3.8, 4) is 0 Å². The molecule has 0 bridgehead atoms. The summed E-state index contributed by atoms with van der Waals surface area (Å²) in [7, 11) is 2.14. The van der Waals surface area contributed by atoms with Crippen LogP contribution in [0.25, 0.3) is 43.4 Å². The van der Waals surface area contributed by atoms with E-state index in [1.54, 1.807) is 0 Å². The summed E-state index contributed by atoms with van der Waals surface area (Å²) >= 11 is 0. The van der Waals surface area contributed by atoms with Gasteiger partial charge in [-0.3, -0.25) is 0 Å². The van der Waals surface area contributed by atoms with Gasteiger partial charge >= 0.3 is 0 Å². The van der Waals surface area contributed by atoms with Crippen molar-refractivity contribution in [3.63, 3.8) is 0 Å². The van der Waals surface area contributed by atoms with E-state index in [4.69, 9.17) is 5.10 Å². The van der Waals surface area contributed by atoms with Crippen LogP contribution in [0.15, 0.2) is 132 Å². The summed E-state index contributed by atoms with van der Waals surface area (Å²) in [4.78, 5) is 0. The van der Waals surface area contributed by atoms with E-state index in [0.717, 1.165) is 29.1 Å². The predicted molar refractivity (Wildman–Crippen MR) is 167 cm³/mol. The van der Waals surface area contributed by atoms with Crippen LogP contribution in [0, 0.1) is 0 Å². The number of hydrogen-bond acceptors (Lipinski definition) is 2. The quantitative estimate of drug-likeness (QED) is 0.169. The molecule has 6 aromatic carbocycles. The molecule has 0 spiro atoms. The summed E-state index contributed by atoms with van der Waals surface area (Å²) in [5.41, 5.74) is 6.76. The molecule has 39 heavy (non-hydrogen) atoms. The maximum Gasteiger partial charge on any atom is 0.0683 e. The van der Waals surface area contributed by atoms with Gasteiger partial charge in [0.25, 0.3) is 0 Å². The number of hydrogen-bond donors (Lipinski definition) is 0. The Kier molecular flexibility index (Phi) is 5.63. The van der Waals surface area contributed by atoms with Gasteiger partial charge in [0.2, 0.25) is 0 Å². The van der Waals surface area contributed by atoms with Gasteiger partial charge in [-0.25, -0.2) is 5.01 Å². The van der Waals surface area contributed by atoms with E-state index >= 15 is 0 Å². The Morgan fingerprint density at radius 2 is 1.15 bits per heavy atom. The maximum absolute atomic E-state index is 5.36. The fourth-order valence-electron chi connectivity index (χ4n) is 5.68. The van der Waals surface area contributed by atoms with E-state index in [1.165, 1.54) is 43.4 Å². The van der Waals surface area contributed by atoms with Crippen molar-refractivity contribution in [2.24, 2.45) is 12.1 Å². The fourth-order valence-corrected chi connectivity index (χ4v) is 5.68. The lowest BCUT2D eigenvalue weighted by atomic mass is 10.0. The highest BCUT2D eigenvalue weighted by Gasteiger charge is 2.15. The van der Waals surface area contributed by atoms with Gasteiger partial charge in [0, 0.05) is 28.9 Å². The first-order valence-corrected chi connectivity index (χ1v) is 13.5. The number of para-hydroxylation sites is 1. The largest absolute Gasteiger partial charge is 0.344 e. The van der Waals surface area contributed by atoms with E-state index in [0.29, 0.717) is 0 Å². The Bertz CT molecular complexity index is 1950. The van der Waals surface area contributed by atoms with Gasteiger partial charge in [0.15, 0.2) is 0 Å². The molecule has 3 heteroatoms. The smallest absolute Gasteiger partial charge is 0.0683 e. The molecule has 0 unspecified atom stereocenters. The minimum atomic E-state index is 0.813. The summed E-state index contributed by atoms with van der Waals surface area (Å²) < 4.78 is 2.27. The first kappa shape index (κ1) is 23.2. The molecule has 0 saturated heterocycles. The molecular formula is C36H29N3. The third-order valence-electron chi connectivity index (χ3n) is 7.76. The molecule has 188 valence electrons. The highest BCUT2D eigenvalue weighted by molar-refractivity contribution is 6.12. The Hall–Kier alpha value is -4.89. The van der Waals surface area contributed by atoms with Crippen molar-refractivity contribution in [2.45, 2.75) is 13.3 Å². The summed E-state index contributed by atoms with van der Waals surface area (Å²) in [6.45, 7) is 2.19. The molecule has 0 aliphatic heterocycles. The molecule has 0 amide bonds. The van der Waals surface area contributed by atoms with E-state index in [-0.39, 0.29) is 0 Å². The SMILES string of the molecule is CCC(=NN(c1ccc2ccccc2c1)c1ccc2ccccc2c1)c1ccc2c(c1)c1ccccc1n2C. The maximum atomic E-state index is 5.36. The molecule has 0 saturated carbocycles. The van der Waals surface area contributed by atoms with Crippen LogP contribution in [0.3, 0.4) is 0 Å². The third-order valence-corrected chi connectivity index (χ3v) is 7.76. The Balaban J connectivity index is 1.42. The minimum absolute atomic E-state index is 0.813. The molecule has 0 fully saturated rings. The molecule has 1 heterocycles. The second kappa shape index (κ2) is 9.45. The van der Waals surface area contributed by atoms with Gasteiger partial charge in [0.1, 0.15) is 0 Å². The zero-order valence-corrected chi connectivity index (χ0v) is 22.2. The summed E-state index contributed by atoms with van der Waals surface area (Å²) in [5.74, 6) is 0. The number of aryl methyl sites for hydroxylation is 1. The third kappa shape index (κ3) is 4.04. The molecule has 7 rings (SSSR count). The van der Waals surface area contributed by atoms with Crippen molar-refractivity contribution in [1.82, 2.24) is 4.57 Å². The second-order valence-electron chi connectivity index (χ2n) is 10.1. The fraction of sp³-hybridized carbons (Fsp3) is 0.0833. The lowest BCUT2D eigenvalue weighted by molar-refractivity contribution is 1.01. The summed E-state index contributed by atoms with van der Waals surface area (Å²) in [5, 5.41) is 14.8. The van der Waals surface area contributed by atoms with E-state index < -0.39 is 0 Å². The van der Waals surface area contributed by atoms with E-state index in [9.17, 15) is 0 Å². The van der Waals surface area contributed by atoms with Crippen LogP contribution >= 0.6 is 0 Å². The molecular weight excluding hydrogens is 474 g/mol. The molecule has 0 radical (unpaired) electrons. The molecule has 0 N–H and O–H groups in total. The standard InChI is InChI=1S/C36H29N3/c1-3-34(29-18-21-36-33(24-29)32-14-8-9-15-35(32)38(36)2)37-39(30-19-16-25-10-4-6-12-27(25)22-30)31-20-17-26-11-5-7-13-28(26)23-31/h4-24H,3H2,1-2H3. The summed E-state index contributed by atoms with van der Waals surface area (Å²) in [6, 6.07) is 45.5. The lowest BCUT2D eigenvalue weighted by Crippen LogP contribution is -2.14.